The summed E-state index contributed by atoms with van der Waals surface area (Å²) in [5, 5.41) is 11.3. The van der Waals surface area contributed by atoms with Crippen LogP contribution in [0.2, 0.25) is 0 Å². The molecule has 0 spiro atoms. The summed E-state index contributed by atoms with van der Waals surface area (Å²) in [6, 6.07) is 6.98. The van der Waals surface area contributed by atoms with Crippen molar-refractivity contribution < 1.29 is 28.5 Å². The Hall–Kier alpha value is -3.02. The number of amides is 1. The number of hydrogen-bond donors (Lipinski definition) is 1. The molecule has 1 heterocycles. The van der Waals surface area contributed by atoms with Crippen LogP contribution >= 0.6 is 0 Å². The molecule has 9 heteroatoms. The zero-order chi connectivity index (χ0) is 19.1. The molecule has 136 valence electrons. The lowest BCUT2D eigenvalue weighted by Crippen LogP contribution is -2.45. The number of carbonyl (C=O) groups excluding carboxylic acids is 3. The van der Waals surface area contributed by atoms with Crippen LogP contribution in [0, 0.1) is 11.3 Å². The molecular formula is C17H19BN2O6. The molecule has 0 saturated heterocycles. The van der Waals surface area contributed by atoms with Crippen LogP contribution in [0.1, 0.15) is 42.6 Å². The average molecular weight is 358 g/mol. The Morgan fingerprint density at radius 1 is 1.42 bits per heavy atom. The van der Waals surface area contributed by atoms with Gasteiger partial charge in [-0.25, -0.2) is 4.79 Å². The predicted molar refractivity (Wildman–Crippen MR) is 91.3 cm³/mol. The van der Waals surface area contributed by atoms with Gasteiger partial charge in [0.2, 0.25) is 12.2 Å². The molecule has 2 atom stereocenters. The standard InChI is InChI=1S/C17H19BN2O6/c1-10(21)24-11(2)25-17(23)13-6-3-5-12-9-14(18-26-16(12)13)20-15(22)7-4-8-19/h3,5-6,11,14,18H,4,7,9H2,1-2H3,(H,20,22). The molecule has 0 fully saturated rings. The number of nitriles is 1. The second-order valence-electron chi connectivity index (χ2n) is 5.81. The summed E-state index contributed by atoms with van der Waals surface area (Å²) in [5.74, 6) is -1.26. The van der Waals surface area contributed by atoms with E-state index in [0.29, 0.717) is 12.2 Å². The fourth-order valence-corrected chi connectivity index (χ4v) is 2.62. The van der Waals surface area contributed by atoms with Gasteiger partial charge in [0.25, 0.3) is 0 Å². The normalized spacial score (nSPS) is 16.0. The molecule has 0 radical (unpaired) electrons. The van der Waals surface area contributed by atoms with Gasteiger partial charge in [-0.15, -0.1) is 0 Å². The summed E-state index contributed by atoms with van der Waals surface area (Å²) in [4.78, 5) is 34.9. The van der Waals surface area contributed by atoms with Crippen LogP contribution < -0.4 is 9.97 Å². The van der Waals surface area contributed by atoms with Crippen molar-refractivity contribution >= 4 is 25.3 Å². The van der Waals surface area contributed by atoms with Crippen molar-refractivity contribution in [2.45, 2.75) is 45.3 Å². The molecule has 1 aliphatic rings. The molecule has 1 aromatic carbocycles. The van der Waals surface area contributed by atoms with Crippen molar-refractivity contribution in [3.8, 4) is 11.8 Å². The van der Waals surface area contributed by atoms with E-state index < -0.39 is 18.2 Å². The topological polar surface area (TPSA) is 115 Å². The van der Waals surface area contributed by atoms with E-state index in [1.165, 1.54) is 13.8 Å². The SMILES string of the molecule is CC(=O)OC(C)OC(=O)c1cccc2c1OBC(NC(=O)CCC#N)C2. The maximum absolute atomic E-state index is 12.3. The Morgan fingerprint density at radius 3 is 2.88 bits per heavy atom. The minimum atomic E-state index is -1.01. The van der Waals surface area contributed by atoms with Gasteiger partial charge in [-0.3, -0.25) is 9.59 Å². The minimum Gasteiger partial charge on any atom is -0.561 e. The van der Waals surface area contributed by atoms with Crippen LogP contribution in [0.5, 0.6) is 5.75 Å². The number of para-hydroxylation sites is 1. The highest BCUT2D eigenvalue weighted by Gasteiger charge is 2.28. The Balaban J connectivity index is 2.03. The Bertz CT molecular complexity index is 745. The second-order valence-corrected chi connectivity index (χ2v) is 5.81. The fourth-order valence-electron chi connectivity index (χ4n) is 2.62. The summed E-state index contributed by atoms with van der Waals surface area (Å²) in [6.45, 7) is 2.67. The summed E-state index contributed by atoms with van der Waals surface area (Å²) < 4.78 is 15.5. The molecule has 1 aliphatic heterocycles. The lowest BCUT2D eigenvalue weighted by atomic mass is 9.79. The van der Waals surface area contributed by atoms with Crippen LogP contribution in [0.25, 0.3) is 0 Å². The average Bonchev–Trinajstić information content (AvgIpc) is 2.58. The first kappa shape index (κ1) is 19.3. The van der Waals surface area contributed by atoms with Gasteiger partial charge in [0.15, 0.2) is 0 Å². The summed E-state index contributed by atoms with van der Waals surface area (Å²) in [5.41, 5.74) is 0.993. The first-order valence-corrected chi connectivity index (χ1v) is 8.20. The molecule has 26 heavy (non-hydrogen) atoms. The number of fused-ring (bicyclic) bond motifs is 1. The number of esters is 2. The van der Waals surface area contributed by atoms with Crippen molar-refractivity contribution in [2.75, 3.05) is 0 Å². The van der Waals surface area contributed by atoms with Crippen molar-refractivity contribution in [1.82, 2.24) is 5.32 Å². The smallest absolute Gasteiger partial charge is 0.363 e. The van der Waals surface area contributed by atoms with Gasteiger partial charge in [0.1, 0.15) is 11.3 Å². The Morgan fingerprint density at radius 2 is 2.19 bits per heavy atom. The number of benzene rings is 1. The third-order valence-electron chi connectivity index (χ3n) is 3.65. The summed E-state index contributed by atoms with van der Waals surface area (Å²) >= 11 is 0. The number of hydrogen-bond acceptors (Lipinski definition) is 7. The molecule has 1 amide bonds. The van der Waals surface area contributed by atoms with Gasteiger partial charge in [-0.05, 0) is 18.1 Å². The van der Waals surface area contributed by atoms with Crippen molar-refractivity contribution in [2.24, 2.45) is 0 Å². The van der Waals surface area contributed by atoms with E-state index in [0.717, 1.165) is 5.56 Å². The number of carbonyl (C=O) groups is 3. The zero-order valence-electron chi connectivity index (χ0n) is 14.6. The third-order valence-corrected chi connectivity index (χ3v) is 3.65. The summed E-state index contributed by atoms with van der Waals surface area (Å²) in [6.07, 6.45) is -0.215. The zero-order valence-corrected chi connectivity index (χ0v) is 14.6. The van der Waals surface area contributed by atoms with E-state index in [9.17, 15) is 14.4 Å². The lowest BCUT2D eigenvalue weighted by Gasteiger charge is -2.26. The monoisotopic (exact) mass is 358 g/mol. The Labute approximate surface area is 151 Å². The van der Waals surface area contributed by atoms with Crippen LogP contribution in [0.4, 0.5) is 0 Å². The van der Waals surface area contributed by atoms with Crippen LogP contribution in [-0.2, 0) is 25.5 Å². The number of nitrogens with zero attached hydrogens (tertiary/aromatic N) is 1. The van der Waals surface area contributed by atoms with Crippen LogP contribution in [-0.4, -0.2) is 37.6 Å². The Kier molecular flexibility index (Phi) is 6.61. The molecule has 2 unspecified atom stereocenters. The molecule has 1 aromatic rings. The molecule has 0 aromatic heterocycles. The molecule has 8 nitrogen and oxygen atoms in total. The van der Waals surface area contributed by atoms with Crippen molar-refractivity contribution in [3.05, 3.63) is 29.3 Å². The molecular weight excluding hydrogens is 339 g/mol. The van der Waals surface area contributed by atoms with E-state index in [2.05, 4.69) is 5.32 Å². The maximum atomic E-state index is 12.3. The highest BCUT2D eigenvalue weighted by Crippen LogP contribution is 2.29. The van der Waals surface area contributed by atoms with E-state index in [1.807, 2.05) is 6.07 Å². The van der Waals surface area contributed by atoms with E-state index in [-0.39, 0.29) is 37.7 Å². The molecule has 0 saturated carbocycles. The van der Waals surface area contributed by atoms with Gasteiger partial charge >= 0.3 is 19.4 Å². The summed E-state index contributed by atoms with van der Waals surface area (Å²) in [7, 11) is 0.203. The first-order valence-electron chi connectivity index (χ1n) is 8.20. The largest absolute Gasteiger partial charge is 0.561 e. The van der Waals surface area contributed by atoms with Gasteiger partial charge < -0.3 is 19.4 Å². The van der Waals surface area contributed by atoms with E-state index in [1.54, 1.807) is 18.2 Å². The first-order chi connectivity index (χ1) is 12.4. The highest BCUT2D eigenvalue weighted by molar-refractivity contribution is 6.32. The third kappa shape index (κ3) is 5.24. The van der Waals surface area contributed by atoms with Crippen molar-refractivity contribution in [3.63, 3.8) is 0 Å². The molecule has 0 aliphatic carbocycles. The van der Waals surface area contributed by atoms with Gasteiger partial charge in [0, 0.05) is 32.6 Å². The van der Waals surface area contributed by atoms with E-state index >= 15 is 0 Å². The molecule has 2 rings (SSSR count). The molecule has 0 bridgehead atoms. The molecule has 1 N–H and O–H groups in total. The fraction of sp³-hybridized carbons (Fsp3) is 0.412. The van der Waals surface area contributed by atoms with Gasteiger partial charge in [0.05, 0.1) is 6.07 Å². The quantitative estimate of drug-likeness (QED) is 0.454. The van der Waals surface area contributed by atoms with Crippen LogP contribution in [0.15, 0.2) is 18.2 Å². The number of rotatable bonds is 6. The van der Waals surface area contributed by atoms with Gasteiger partial charge in [-0.2, -0.15) is 5.26 Å². The highest BCUT2D eigenvalue weighted by atomic mass is 16.7. The second kappa shape index (κ2) is 8.90. The minimum absolute atomic E-state index is 0.139. The maximum Gasteiger partial charge on any atom is 0.363 e. The van der Waals surface area contributed by atoms with Gasteiger partial charge in [-0.1, -0.05) is 12.1 Å². The predicted octanol–water partition coefficient (Wildman–Crippen LogP) is 0.785. The van der Waals surface area contributed by atoms with Crippen molar-refractivity contribution in [1.29, 1.82) is 5.26 Å². The lowest BCUT2D eigenvalue weighted by molar-refractivity contribution is -0.162. The number of nitrogens with one attached hydrogen (secondary N) is 1. The van der Waals surface area contributed by atoms with E-state index in [4.69, 9.17) is 19.4 Å². The number of ether oxygens (including phenoxy) is 2. The van der Waals surface area contributed by atoms with Crippen LogP contribution in [0.3, 0.4) is 0 Å².